The molecule has 0 fully saturated rings. The van der Waals surface area contributed by atoms with Crippen LogP contribution >= 0.6 is 0 Å². The highest BCUT2D eigenvalue weighted by molar-refractivity contribution is 6.43. The molecule has 8 heteroatoms. The average molecular weight is 278 g/mol. The smallest absolute Gasteiger partial charge is 0.271 e. The lowest BCUT2D eigenvalue weighted by Gasteiger charge is -2.12. The van der Waals surface area contributed by atoms with Crippen molar-refractivity contribution in [1.29, 1.82) is 0 Å². The summed E-state index contributed by atoms with van der Waals surface area (Å²) in [4.78, 5) is 33.7. The van der Waals surface area contributed by atoms with Crippen LogP contribution in [0.1, 0.15) is 23.2 Å². The third-order valence-electron chi connectivity index (χ3n) is 2.67. The molecule has 1 aliphatic rings. The van der Waals surface area contributed by atoms with E-state index < -0.39 is 17.6 Å². The van der Waals surface area contributed by atoms with Crippen molar-refractivity contribution in [2.75, 3.05) is 5.32 Å². The van der Waals surface area contributed by atoms with Crippen LogP contribution in [0.4, 0.5) is 10.1 Å². The van der Waals surface area contributed by atoms with Crippen molar-refractivity contribution in [2.24, 2.45) is 10.8 Å². The Hall–Kier alpha value is -2.77. The Morgan fingerprint density at radius 1 is 1.35 bits per heavy atom. The van der Waals surface area contributed by atoms with E-state index in [9.17, 15) is 18.8 Å². The first-order valence-electron chi connectivity index (χ1n) is 5.73. The van der Waals surface area contributed by atoms with Crippen LogP contribution in [0.3, 0.4) is 0 Å². The number of hydrogen-bond donors (Lipinski definition) is 3. The van der Waals surface area contributed by atoms with Crippen molar-refractivity contribution in [3.8, 4) is 0 Å². The fourth-order valence-corrected chi connectivity index (χ4v) is 1.61. The van der Waals surface area contributed by atoms with E-state index in [1.165, 1.54) is 6.07 Å². The number of carbonyl (C=O) groups is 3. The summed E-state index contributed by atoms with van der Waals surface area (Å²) in [5.74, 6) is -2.37. The Labute approximate surface area is 113 Å². The monoisotopic (exact) mass is 278 g/mol. The van der Waals surface area contributed by atoms with Gasteiger partial charge in [0.1, 0.15) is 11.5 Å². The van der Waals surface area contributed by atoms with Gasteiger partial charge in [-0.1, -0.05) is 0 Å². The first kappa shape index (κ1) is 13.7. The lowest BCUT2D eigenvalue weighted by atomic mass is 10.1. The van der Waals surface area contributed by atoms with Crippen molar-refractivity contribution in [2.45, 2.75) is 12.8 Å². The summed E-state index contributed by atoms with van der Waals surface area (Å²) in [6.07, 6.45) is 0.296. The zero-order valence-electron chi connectivity index (χ0n) is 10.3. The molecule has 1 aromatic carbocycles. The molecule has 0 aliphatic carbocycles. The number of nitrogens with zero attached hydrogens (tertiary/aromatic N) is 1. The van der Waals surface area contributed by atoms with Gasteiger partial charge in [-0.15, -0.1) is 0 Å². The van der Waals surface area contributed by atoms with Crippen molar-refractivity contribution in [3.05, 3.63) is 29.6 Å². The molecule has 3 amide bonds. The molecule has 20 heavy (non-hydrogen) atoms. The molecule has 1 heterocycles. The van der Waals surface area contributed by atoms with E-state index in [0.717, 1.165) is 12.1 Å². The van der Waals surface area contributed by atoms with Crippen molar-refractivity contribution in [1.82, 2.24) is 5.43 Å². The van der Waals surface area contributed by atoms with E-state index in [4.69, 9.17) is 5.73 Å². The number of nitrogens with two attached hydrogens (primary N) is 1. The summed E-state index contributed by atoms with van der Waals surface area (Å²) in [6, 6.07) is 3.38. The van der Waals surface area contributed by atoms with E-state index in [2.05, 4.69) is 15.8 Å². The molecule has 1 aliphatic heterocycles. The molecule has 0 aromatic heterocycles. The maximum Gasteiger partial charge on any atom is 0.271 e. The molecule has 0 saturated heterocycles. The van der Waals surface area contributed by atoms with E-state index in [1.54, 1.807) is 0 Å². The zero-order chi connectivity index (χ0) is 14.7. The Morgan fingerprint density at radius 3 is 2.70 bits per heavy atom. The van der Waals surface area contributed by atoms with Crippen molar-refractivity contribution < 1.29 is 18.8 Å². The maximum absolute atomic E-state index is 13.5. The summed E-state index contributed by atoms with van der Waals surface area (Å²) in [5, 5.41) is 5.87. The quantitative estimate of drug-likeness (QED) is 0.730. The number of amides is 3. The predicted molar refractivity (Wildman–Crippen MR) is 68.4 cm³/mol. The summed E-state index contributed by atoms with van der Waals surface area (Å²) < 4.78 is 13.5. The topological polar surface area (TPSA) is 114 Å². The highest BCUT2D eigenvalue weighted by Crippen LogP contribution is 2.16. The summed E-state index contributed by atoms with van der Waals surface area (Å²) in [6.45, 7) is 0. The number of primary amides is 1. The van der Waals surface area contributed by atoms with Crippen molar-refractivity contribution in [3.63, 3.8) is 0 Å². The first-order valence-corrected chi connectivity index (χ1v) is 5.73. The van der Waals surface area contributed by atoms with Crippen LogP contribution in [0, 0.1) is 5.82 Å². The number of halogens is 1. The summed E-state index contributed by atoms with van der Waals surface area (Å²) in [5.41, 5.74) is 7.21. The van der Waals surface area contributed by atoms with Crippen LogP contribution in [0.5, 0.6) is 0 Å². The average Bonchev–Trinajstić information content (AvgIpc) is 2.41. The second-order valence-corrected chi connectivity index (χ2v) is 4.11. The number of carbonyl (C=O) groups excluding carboxylic acids is 3. The molecule has 7 nitrogen and oxygen atoms in total. The van der Waals surface area contributed by atoms with Crippen LogP contribution < -0.4 is 16.5 Å². The maximum atomic E-state index is 13.5. The molecule has 2 rings (SSSR count). The van der Waals surface area contributed by atoms with E-state index >= 15 is 0 Å². The number of anilines is 1. The third-order valence-corrected chi connectivity index (χ3v) is 2.67. The minimum absolute atomic E-state index is 0.0700. The Bertz CT molecular complexity index is 627. The van der Waals surface area contributed by atoms with Crippen LogP contribution in [-0.2, 0) is 9.59 Å². The van der Waals surface area contributed by atoms with Gasteiger partial charge in [-0.3, -0.25) is 14.4 Å². The zero-order valence-corrected chi connectivity index (χ0v) is 10.3. The summed E-state index contributed by atoms with van der Waals surface area (Å²) >= 11 is 0. The van der Waals surface area contributed by atoms with Gasteiger partial charge in [0, 0.05) is 18.4 Å². The molecule has 0 saturated carbocycles. The normalized spacial score (nSPS) is 14.2. The van der Waals surface area contributed by atoms with Crippen LogP contribution in [0.2, 0.25) is 0 Å². The Balaban J connectivity index is 2.17. The van der Waals surface area contributed by atoms with Crippen molar-refractivity contribution >= 4 is 29.1 Å². The van der Waals surface area contributed by atoms with Gasteiger partial charge >= 0.3 is 0 Å². The molecule has 0 spiro atoms. The van der Waals surface area contributed by atoms with Gasteiger partial charge in [0.15, 0.2) is 0 Å². The molecular formula is C12H11FN4O3. The van der Waals surface area contributed by atoms with E-state index in [-0.39, 0.29) is 35.7 Å². The first-order chi connectivity index (χ1) is 9.47. The van der Waals surface area contributed by atoms with Crippen LogP contribution in [0.25, 0.3) is 0 Å². The van der Waals surface area contributed by atoms with Crippen LogP contribution in [-0.4, -0.2) is 23.4 Å². The Kier molecular flexibility index (Phi) is 3.74. The largest absolute Gasteiger partial charge is 0.366 e. The molecule has 0 atom stereocenters. The number of hydrogen-bond acceptors (Lipinski definition) is 4. The molecule has 1 aromatic rings. The second-order valence-electron chi connectivity index (χ2n) is 4.11. The van der Waals surface area contributed by atoms with Gasteiger partial charge < -0.3 is 11.1 Å². The highest BCUT2D eigenvalue weighted by Gasteiger charge is 2.19. The SMILES string of the molecule is NC(=O)c1ccc(F)c(NC(=O)C2=NNC(=O)CC2)c1. The summed E-state index contributed by atoms with van der Waals surface area (Å²) in [7, 11) is 0. The van der Waals surface area contributed by atoms with E-state index in [0.29, 0.717) is 0 Å². The van der Waals surface area contributed by atoms with Crippen LogP contribution in [0.15, 0.2) is 23.3 Å². The fourth-order valence-electron chi connectivity index (χ4n) is 1.61. The van der Waals surface area contributed by atoms with Gasteiger partial charge in [0.2, 0.25) is 11.8 Å². The van der Waals surface area contributed by atoms with E-state index in [1.807, 2.05) is 0 Å². The van der Waals surface area contributed by atoms with Gasteiger partial charge in [0.05, 0.1) is 5.69 Å². The Morgan fingerprint density at radius 2 is 2.10 bits per heavy atom. The fraction of sp³-hybridized carbons (Fsp3) is 0.167. The minimum atomic E-state index is -0.734. The van der Waals surface area contributed by atoms with Gasteiger partial charge in [0.25, 0.3) is 5.91 Å². The molecule has 0 bridgehead atoms. The number of hydrazone groups is 1. The second kappa shape index (κ2) is 5.47. The third kappa shape index (κ3) is 2.97. The molecule has 4 N–H and O–H groups in total. The lowest BCUT2D eigenvalue weighted by molar-refractivity contribution is -0.121. The standard InChI is InChI=1S/C12H11FN4O3/c13-7-2-1-6(11(14)19)5-9(7)15-12(20)8-3-4-10(18)17-16-8/h1-2,5H,3-4H2,(H2,14,19)(H,15,20)(H,17,18). The molecule has 104 valence electrons. The molecular weight excluding hydrogens is 267 g/mol. The van der Waals surface area contributed by atoms with Gasteiger partial charge in [-0.25, -0.2) is 9.82 Å². The predicted octanol–water partition coefficient (Wildman–Crippen LogP) is 0.129. The highest BCUT2D eigenvalue weighted by atomic mass is 19.1. The van der Waals surface area contributed by atoms with Gasteiger partial charge in [-0.05, 0) is 18.2 Å². The van der Waals surface area contributed by atoms with Gasteiger partial charge in [-0.2, -0.15) is 5.10 Å². The number of rotatable bonds is 3. The molecule has 0 unspecified atom stereocenters. The lowest BCUT2D eigenvalue weighted by Crippen LogP contribution is -2.33. The minimum Gasteiger partial charge on any atom is -0.366 e. The number of nitrogens with one attached hydrogen (secondary N) is 2. The molecule has 0 radical (unpaired) electrons. The number of benzene rings is 1.